The van der Waals surface area contributed by atoms with Crippen LogP contribution in [-0.2, 0) is 28.8 Å². The lowest BCUT2D eigenvalue weighted by Crippen LogP contribution is -2.41. The Hall–Kier alpha value is -2.38. The molecule has 0 radical (unpaired) electrons. The number of ether oxygens (including phenoxy) is 2. The molecule has 7 heteroatoms. The van der Waals surface area contributed by atoms with Crippen LogP contribution in [0.1, 0.15) is 39.2 Å². The average molecular weight is 427 g/mol. The number of amides is 2. The van der Waals surface area contributed by atoms with Gasteiger partial charge in [-0.25, -0.2) is 0 Å². The fourth-order valence-electron chi connectivity index (χ4n) is 4.52. The van der Waals surface area contributed by atoms with Gasteiger partial charge in [0, 0.05) is 18.0 Å². The largest absolute Gasteiger partial charge is 0.492 e. The summed E-state index contributed by atoms with van der Waals surface area (Å²) in [5.74, 6) is 0.555. The first-order chi connectivity index (χ1) is 14.7. The fourth-order valence-corrected chi connectivity index (χ4v) is 5.80. The van der Waals surface area contributed by atoms with E-state index in [1.807, 2.05) is 29.2 Å². The number of anilines is 1. The number of hydrogen-bond donors (Lipinski definition) is 1. The molecule has 0 spiro atoms. The monoisotopic (exact) mass is 426 g/mol. The molecule has 1 atom stereocenters. The molecule has 1 aliphatic carbocycles. The van der Waals surface area contributed by atoms with Gasteiger partial charge in [-0.2, -0.15) is 0 Å². The van der Waals surface area contributed by atoms with E-state index in [4.69, 9.17) is 9.47 Å². The van der Waals surface area contributed by atoms with Gasteiger partial charge in [0.1, 0.15) is 17.4 Å². The maximum absolute atomic E-state index is 13.4. The summed E-state index contributed by atoms with van der Waals surface area (Å²) in [5.41, 5.74) is 2.91. The van der Waals surface area contributed by atoms with E-state index in [0.717, 1.165) is 42.6 Å². The number of carbonyl (C=O) groups is 2. The average Bonchev–Trinajstić information content (AvgIpc) is 3.16. The van der Waals surface area contributed by atoms with E-state index in [2.05, 4.69) is 5.32 Å². The highest BCUT2D eigenvalue weighted by Crippen LogP contribution is 2.39. The van der Waals surface area contributed by atoms with Crippen LogP contribution in [0.25, 0.3) is 0 Å². The van der Waals surface area contributed by atoms with Gasteiger partial charge < -0.3 is 19.7 Å². The van der Waals surface area contributed by atoms with Crippen molar-refractivity contribution in [1.29, 1.82) is 0 Å². The first kappa shape index (κ1) is 19.6. The molecule has 0 bridgehead atoms. The zero-order chi connectivity index (χ0) is 20.5. The minimum absolute atomic E-state index is 0.0261. The molecule has 1 fully saturated rings. The summed E-state index contributed by atoms with van der Waals surface area (Å²) in [4.78, 5) is 29.6. The SMILES string of the molecule is O=C(Nc1sc2c(c1C(=O)N1CCOCC1)CCCC2)C1COc2ccccc2C1. The Labute approximate surface area is 180 Å². The van der Waals surface area contributed by atoms with E-state index in [-0.39, 0.29) is 17.7 Å². The van der Waals surface area contributed by atoms with Crippen LogP contribution in [0.5, 0.6) is 5.75 Å². The first-order valence-corrected chi connectivity index (χ1v) is 11.6. The van der Waals surface area contributed by atoms with Crippen molar-refractivity contribution in [3.63, 3.8) is 0 Å². The molecule has 1 saturated heterocycles. The number of para-hydroxylation sites is 1. The Bertz CT molecular complexity index is 964. The predicted molar refractivity (Wildman–Crippen MR) is 115 cm³/mol. The maximum Gasteiger partial charge on any atom is 0.257 e. The number of carbonyl (C=O) groups excluding carboxylic acids is 2. The summed E-state index contributed by atoms with van der Waals surface area (Å²) < 4.78 is 11.2. The molecule has 158 valence electrons. The number of fused-ring (bicyclic) bond motifs is 2. The molecular formula is C23H26N2O4S. The van der Waals surface area contributed by atoms with Crippen molar-refractivity contribution in [3.05, 3.63) is 45.8 Å². The number of hydrogen-bond acceptors (Lipinski definition) is 5. The van der Waals surface area contributed by atoms with Gasteiger partial charge in [-0.1, -0.05) is 18.2 Å². The summed E-state index contributed by atoms with van der Waals surface area (Å²) in [6, 6.07) is 7.86. The summed E-state index contributed by atoms with van der Waals surface area (Å²) in [6.45, 7) is 2.70. The van der Waals surface area contributed by atoms with Crippen LogP contribution in [-0.4, -0.2) is 49.6 Å². The Morgan fingerprint density at radius 2 is 1.90 bits per heavy atom. The highest BCUT2D eigenvalue weighted by atomic mass is 32.1. The van der Waals surface area contributed by atoms with Crippen molar-refractivity contribution in [2.24, 2.45) is 5.92 Å². The number of nitrogens with one attached hydrogen (secondary N) is 1. The van der Waals surface area contributed by atoms with E-state index in [1.54, 1.807) is 11.3 Å². The van der Waals surface area contributed by atoms with Crippen LogP contribution in [0.2, 0.25) is 0 Å². The molecule has 0 saturated carbocycles. The third kappa shape index (κ3) is 3.72. The van der Waals surface area contributed by atoms with Crippen LogP contribution < -0.4 is 10.1 Å². The summed E-state index contributed by atoms with van der Waals surface area (Å²) in [7, 11) is 0. The van der Waals surface area contributed by atoms with Crippen molar-refractivity contribution < 1.29 is 19.1 Å². The van der Waals surface area contributed by atoms with Gasteiger partial charge in [-0.15, -0.1) is 11.3 Å². The van der Waals surface area contributed by atoms with Crippen LogP contribution >= 0.6 is 11.3 Å². The number of morpholine rings is 1. The molecule has 1 N–H and O–H groups in total. The Balaban J connectivity index is 1.39. The van der Waals surface area contributed by atoms with Crippen LogP contribution in [0.15, 0.2) is 24.3 Å². The number of benzene rings is 1. The fraction of sp³-hybridized carbons (Fsp3) is 0.478. The normalized spacial score (nSPS) is 20.7. The second-order valence-electron chi connectivity index (χ2n) is 8.13. The van der Waals surface area contributed by atoms with Gasteiger partial charge in [-0.05, 0) is 49.3 Å². The summed E-state index contributed by atoms with van der Waals surface area (Å²) >= 11 is 1.58. The molecule has 1 aromatic heterocycles. The topological polar surface area (TPSA) is 67.9 Å². The van der Waals surface area contributed by atoms with Gasteiger partial charge in [0.2, 0.25) is 5.91 Å². The van der Waals surface area contributed by atoms with Gasteiger partial charge in [0.25, 0.3) is 5.91 Å². The molecule has 1 unspecified atom stereocenters. The van der Waals surface area contributed by atoms with E-state index in [9.17, 15) is 9.59 Å². The highest BCUT2D eigenvalue weighted by molar-refractivity contribution is 7.17. The minimum atomic E-state index is -0.259. The second-order valence-corrected chi connectivity index (χ2v) is 9.23. The van der Waals surface area contributed by atoms with Gasteiger partial charge in [-0.3, -0.25) is 9.59 Å². The van der Waals surface area contributed by atoms with E-state index in [0.29, 0.717) is 49.9 Å². The Kier molecular flexibility index (Phi) is 5.48. The number of aryl methyl sites for hydroxylation is 1. The minimum Gasteiger partial charge on any atom is -0.492 e. The molecular weight excluding hydrogens is 400 g/mol. The first-order valence-electron chi connectivity index (χ1n) is 10.7. The predicted octanol–water partition coefficient (Wildman–Crippen LogP) is 3.29. The Morgan fingerprint density at radius 1 is 1.10 bits per heavy atom. The third-order valence-electron chi connectivity index (χ3n) is 6.17. The zero-order valence-corrected chi connectivity index (χ0v) is 17.8. The smallest absolute Gasteiger partial charge is 0.257 e. The number of nitrogens with zero attached hydrogens (tertiary/aromatic N) is 1. The van der Waals surface area contributed by atoms with Crippen molar-refractivity contribution in [2.75, 3.05) is 38.2 Å². The molecule has 3 aliphatic rings. The summed E-state index contributed by atoms with van der Waals surface area (Å²) in [5, 5.41) is 3.82. The molecule has 2 amide bonds. The van der Waals surface area contributed by atoms with Crippen LogP contribution in [0.3, 0.4) is 0 Å². The molecule has 2 aliphatic heterocycles. The molecule has 30 heavy (non-hydrogen) atoms. The molecule has 1 aromatic carbocycles. The van der Waals surface area contributed by atoms with E-state index in [1.165, 1.54) is 4.88 Å². The van der Waals surface area contributed by atoms with E-state index < -0.39 is 0 Å². The molecule has 2 aromatic rings. The standard InChI is InChI=1S/C23H26N2O4S/c26-21(16-13-15-5-1-3-7-18(15)29-14-16)24-22-20(17-6-2-4-8-19(17)30-22)23(27)25-9-11-28-12-10-25/h1,3,5,7,16H,2,4,6,8-14H2,(H,24,26). The van der Waals surface area contributed by atoms with Gasteiger partial charge >= 0.3 is 0 Å². The lowest BCUT2D eigenvalue weighted by Gasteiger charge is -2.28. The van der Waals surface area contributed by atoms with Crippen molar-refractivity contribution in [1.82, 2.24) is 4.90 Å². The zero-order valence-electron chi connectivity index (χ0n) is 16.9. The van der Waals surface area contributed by atoms with Crippen LogP contribution in [0, 0.1) is 5.92 Å². The highest BCUT2D eigenvalue weighted by Gasteiger charge is 2.32. The number of thiophene rings is 1. The molecule has 5 rings (SSSR count). The van der Waals surface area contributed by atoms with Crippen molar-refractivity contribution in [2.45, 2.75) is 32.1 Å². The molecule has 6 nitrogen and oxygen atoms in total. The van der Waals surface area contributed by atoms with Gasteiger partial charge in [0.05, 0.1) is 24.7 Å². The Morgan fingerprint density at radius 3 is 2.77 bits per heavy atom. The van der Waals surface area contributed by atoms with Gasteiger partial charge in [0.15, 0.2) is 0 Å². The summed E-state index contributed by atoms with van der Waals surface area (Å²) in [6.07, 6.45) is 4.78. The lowest BCUT2D eigenvalue weighted by molar-refractivity contribution is -0.121. The third-order valence-corrected chi connectivity index (χ3v) is 7.38. The quantitative estimate of drug-likeness (QED) is 0.818. The lowest BCUT2D eigenvalue weighted by atomic mass is 9.94. The maximum atomic E-state index is 13.4. The number of rotatable bonds is 3. The van der Waals surface area contributed by atoms with Crippen LogP contribution in [0.4, 0.5) is 5.00 Å². The van der Waals surface area contributed by atoms with Crippen molar-refractivity contribution in [3.8, 4) is 5.75 Å². The second kappa shape index (κ2) is 8.40. The van der Waals surface area contributed by atoms with E-state index >= 15 is 0 Å². The van der Waals surface area contributed by atoms with Crippen molar-refractivity contribution >= 4 is 28.2 Å². The molecule has 3 heterocycles.